The van der Waals surface area contributed by atoms with Crippen LogP contribution in [-0.4, -0.2) is 88.5 Å². The first-order valence-corrected chi connectivity index (χ1v) is 17.7. The van der Waals surface area contributed by atoms with Crippen LogP contribution in [0, 0.1) is 0 Å². The van der Waals surface area contributed by atoms with Crippen molar-refractivity contribution in [3.05, 3.63) is 81.4 Å². The summed E-state index contributed by atoms with van der Waals surface area (Å²) in [5.41, 5.74) is 5.75. The molecule has 2 aromatic carbocycles. The normalized spacial score (nSPS) is 22.5. The molecule has 1 aliphatic heterocycles. The van der Waals surface area contributed by atoms with E-state index in [1.807, 2.05) is 0 Å². The molecule has 3 heterocycles. The quantitative estimate of drug-likeness (QED) is 0.0687. The highest BCUT2D eigenvalue weighted by atomic mass is 31.3. The fraction of sp³-hybridized carbons (Fsp3) is 0.286. The predicted molar refractivity (Wildman–Crippen MR) is 169 cm³/mol. The van der Waals surface area contributed by atoms with Crippen molar-refractivity contribution < 1.29 is 61.6 Å². The van der Waals surface area contributed by atoms with Crippen molar-refractivity contribution in [2.24, 2.45) is 0 Å². The van der Waals surface area contributed by atoms with Gasteiger partial charge in [0.15, 0.2) is 29.0 Å². The molecule has 0 radical (unpaired) electrons. The van der Waals surface area contributed by atoms with Crippen LogP contribution in [0.4, 0.5) is 11.6 Å². The van der Waals surface area contributed by atoms with Crippen LogP contribution in [0.2, 0.25) is 0 Å². The number of nitrogen functional groups attached to an aromatic ring is 1. The first-order chi connectivity index (χ1) is 23.6. The highest BCUT2D eigenvalue weighted by molar-refractivity contribution is 7.61. The average molecular weight is 735 g/mol. The van der Waals surface area contributed by atoms with Crippen molar-refractivity contribution in [1.29, 1.82) is 0 Å². The summed E-state index contributed by atoms with van der Waals surface area (Å²) >= 11 is 0. The number of hydrogen-bond donors (Lipinski definition) is 7. The second kappa shape index (κ2) is 13.7. The van der Waals surface area contributed by atoms with Crippen molar-refractivity contribution in [3.63, 3.8) is 0 Å². The molecule has 50 heavy (non-hydrogen) atoms. The fourth-order valence-electron chi connectivity index (χ4n) is 5.38. The summed E-state index contributed by atoms with van der Waals surface area (Å²) < 4.78 is 45.0. The van der Waals surface area contributed by atoms with Crippen LogP contribution in [0.1, 0.15) is 50.9 Å². The molecule has 0 spiro atoms. The molecule has 6 atom stereocenters. The highest BCUT2D eigenvalue weighted by Gasteiger charge is 2.46. The zero-order valence-electron chi connectivity index (χ0n) is 25.4. The van der Waals surface area contributed by atoms with E-state index in [0.29, 0.717) is 0 Å². The van der Waals surface area contributed by atoms with Crippen molar-refractivity contribution in [2.45, 2.75) is 37.4 Å². The topological polar surface area (TPSA) is 305 Å². The van der Waals surface area contributed by atoms with Gasteiger partial charge in [0.25, 0.3) is 5.56 Å². The number of aliphatic hydroxyl groups excluding tert-OH is 2. The molecule has 1 aliphatic carbocycles. The van der Waals surface area contributed by atoms with Crippen LogP contribution >= 0.6 is 15.6 Å². The molecule has 2 aromatic heterocycles. The van der Waals surface area contributed by atoms with E-state index < -0.39 is 64.9 Å². The summed E-state index contributed by atoms with van der Waals surface area (Å²) in [5.74, 6) is -1.52. The maximum absolute atomic E-state index is 12.9. The number of amides is 1. The molecule has 1 fully saturated rings. The summed E-state index contributed by atoms with van der Waals surface area (Å²) in [6.45, 7) is -1.49. The number of aliphatic hydroxyl groups is 2. The van der Waals surface area contributed by atoms with E-state index in [0.717, 1.165) is 10.9 Å². The highest BCUT2D eigenvalue weighted by Crippen LogP contribution is 2.60. The number of nitrogens with zero attached hydrogens (tertiary/aromatic N) is 3. The molecule has 22 heteroatoms. The minimum absolute atomic E-state index is 0.0876. The fourth-order valence-corrected chi connectivity index (χ4v) is 7.50. The van der Waals surface area contributed by atoms with Gasteiger partial charge in [0.2, 0.25) is 11.9 Å². The molecule has 1 saturated heterocycles. The minimum Gasteiger partial charge on any atom is -0.387 e. The van der Waals surface area contributed by atoms with E-state index in [9.17, 15) is 48.3 Å². The number of carbonyl (C=O) groups is 3. The van der Waals surface area contributed by atoms with Crippen molar-refractivity contribution in [3.8, 4) is 0 Å². The summed E-state index contributed by atoms with van der Waals surface area (Å²) in [7, 11) is -10.6. The first-order valence-electron chi connectivity index (χ1n) is 14.7. The van der Waals surface area contributed by atoms with Crippen LogP contribution < -0.4 is 16.6 Å². The Bertz CT molecular complexity index is 2170. The minimum atomic E-state index is -5.33. The zero-order chi connectivity index (χ0) is 36.0. The van der Waals surface area contributed by atoms with Gasteiger partial charge in [0, 0.05) is 34.4 Å². The Morgan fingerprint density at radius 1 is 0.980 bits per heavy atom. The molecule has 2 aliphatic rings. The number of H-pyrrole nitrogens is 1. The van der Waals surface area contributed by atoms with E-state index in [-0.39, 0.29) is 69.5 Å². The second-order valence-electron chi connectivity index (χ2n) is 11.1. The lowest BCUT2D eigenvalue weighted by Gasteiger charge is -2.19. The smallest absolute Gasteiger partial charge is 0.387 e. The molecule has 0 bridgehead atoms. The molecule has 0 saturated carbocycles. The number of hydrogen-bond acceptors (Lipinski definition) is 15. The van der Waals surface area contributed by atoms with Gasteiger partial charge in [-0.2, -0.15) is 9.29 Å². The number of imidazole rings is 1. The van der Waals surface area contributed by atoms with Crippen molar-refractivity contribution >= 4 is 55.9 Å². The van der Waals surface area contributed by atoms with Gasteiger partial charge in [-0.3, -0.25) is 37.8 Å². The first kappa shape index (κ1) is 35.4. The number of aromatic nitrogens is 4. The molecule has 8 N–H and O–H groups in total. The average Bonchev–Trinajstić information content (AvgIpc) is 3.60. The van der Waals surface area contributed by atoms with Crippen LogP contribution in [0.3, 0.4) is 0 Å². The third-order valence-electron chi connectivity index (χ3n) is 7.68. The number of phosphoric acid groups is 2. The van der Waals surface area contributed by atoms with Gasteiger partial charge in [-0.05, 0) is 24.6 Å². The van der Waals surface area contributed by atoms with Crippen molar-refractivity contribution in [2.75, 3.05) is 24.3 Å². The van der Waals surface area contributed by atoms with Crippen LogP contribution in [0.5, 0.6) is 0 Å². The lowest BCUT2D eigenvalue weighted by atomic mass is 9.84. The zero-order valence-corrected chi connectivity index (χ0v) is 27.2. The Morgan fingerprint density at radius 2 is 1.64 bits per heavy atom. The van der Waals surface area contributed by atoms with Crippen LogP contribution in [0.15, 0.2) is 53.6 Å². The van der Waals surface area contributed by atoms with Gasteiger partial charge in [-0.1, -0.05) is 24.3 Å². The number of nitrogens with one attached hydrogen (secondary N) is 2. The van der Waals surface area contributed by atoms with E-state index in [4.69, 9.17) is 15.0 Å². The number of ether oxygens (including phenoxy) is 1. The maximum Gasteiger partial charge on any atom is 0.481 e. The summed E-state index contributed by atoms with van der Waals surface area (Å²) in [4.78, 5) is 80.2. The van der Waals surface area contributed by atoms with Crippen LogP contribution in [0.25, 0.3) is 11.2 Å². The standard InChI is InChI=1S/C28H28N6O14P2/c29-28-32-25-20(26(40)33-28)30-12-34(25)27-24(39)23(38)18(47-27)11-46-50(43,44)48-49(41,42)45-9-3-6-19(35)31-13-7-8-16-17(10-13)22(37)15-5-2-1-4-14(15)21(16)36/h1-2,4-5,7-8,10,12,18,23-24,27,38-39H,3,6,9,11H2,(H,31,35)(H,41,42)(H,43,44)(H3,29,32,33,40)/t18-,23-,24-,27-/m1/s1. The Kier molecular flexibility index (Phi) is 9.68. The monoisotopic (exact) mass is 734 g/mol. The van der Waals surface area contributed by atoms with Gasteiger partial charge >= 0.3 is 15.6 Å². The van der Waals surface area contributed by atoms with Gasteiger partial charge < -0.3 is 35.8 Å². The largest absolute Gasteiger partial charge is 0.481 e. The Labute approximate surface area is 280 Å². The molecule has 1 amide bonds. The van der Waals surface area contributed by atoms with Crippen molar-refractivity contribution in [1.82, 2.24) is 19.5 Å². The lowest BCUT2D eigenvalue weighted by molar-refractivity contribution is -0.116. The van der Waals surface area contributed by atoms with E-state index in [1.54, 1.807) is 18.2 Å². The van der Waals surface area contributed by atoms with E-state index in [2.05, 4.69) is 29.1 Å². The van der Waals surface area contributed by atoms with Crippen LogP contribution in [-0.2, 0) is 32.0 Å². The lowest BCUT2D eigenvalue weighted by Crippen LogP contribution is -2.33. The number of nitrogens with two attached hydrogens (primary N) is 1. The summed E-state index contributed by atoms with van der Waals surface area (Å²) in [6, 6.07) is 10.6. The molecule has 264 valence electrons. The number of carbonyl (C=O) groups excluding carboxylic acids is 3. The Hall–Kier alpha value is -4.46. The number of ketones is 2. The predicted octanol–water partition coefficient (Wildman–Crippen LogP) is 0.766. The van der Waals surface area contributed by atoms with Gasteiger partial charge in [0.05, 0.1) is 19.5 Å². The second-order valence-corrected chi connectivity index (χ2v) is 14.1. The molecule has 4 aromatic rings. The third-order valence-corrected chi connectivity index (χ3v) is 10.3. The molecule has 20 nitrogen and oxygen atoms in total. The molecular formula is C28H28N6O14P2. The summed E-state index contributed by atoms with van der Waals surface area (Å²) in [6.07, 6.45) is -5.54. The number of phosphoric ester groups is 2. The third kappa shape index (κ3) is 7.21. The Balaban J connectivity index is 0.967. The SMILES string of the molecule is Nc1nc2c(ncn2[C@@H]2O[C@H](COP(=O)(O)OP(=O)(O)OCCCC(=O)Nc3ccc4c(c3)C(=O)c3ccccc3C4=O)[C@@H](O)[C@H]2O)c(=O)[nH]1. The number of anilines is 2. The maximum atomic E-state index is 12.9. The number of rotatable bonds is 12. The number of fused-ring (bicyclic) bond motifs is 3. The Morgan fingerprint density at radius 3 is 2.36 bits per heavy atom. The van der Waals surface area contributed by atoms with Gasteiger partial charge in [0.1, 0.15) is 18.3 Å². The number of aromatic amines is 1. The number of benzene rings is 2. The molecular weight excluding hydrogens is 706 g/mol. The van der Waals surface area contributed by atoms with E-state index in [1.165, 1.54) is 24.3 Å². The van der Waals surface area contributed by atoms with Gasteiger partial charge in [-0.15, -0.1) is 0 Å². The molecule has 2 unspecified atom stereocenters. The van der Waals surface area contributed by atoms with Gasteiger partial charge in [-0.25, -0.2) is 14.1 Å². The molecule has 6 rings (SSSR count). The van der Waals surface area contributed by atoms with E-state index >= 15 is 0 Å². The summed E-state index contributed by atoms with van der Waals surface area (Å²) in [5, 5.41) is 23.5.